The van der Waals surface area contributed by atoms with Gasteiger partial charge in [-0.15, -0.1) is 0 Å². The number of aryl methyl sites for hydroxylation is 1. The number of carbonyl (C=O) groups is 2. The van der Waals surface area contributed by atoms with Crippen LogP contribution in [-0.2, 0) is 21.5 Å². The average molecular weight is 563 g/mol. The van der Waals surface area contributed by atoms with E-state index in [1.807, 2.05) is 68.4 Å². The SMILES string of the molecule is Cc1nsc(NC2CCC(CNCc3ccc(C4(C(=O)O)CC4)cc3)CC2)c1NC(=O)OC(C)c1ccccc1. The van der Waals surface area contributed by atoms with Gasteiger partial charge in [0.15, 0.2) is 0 Å². The molecule has 1 amide bonds. The standard InChI is InChI=1S/C31H38N4O4S/c1-20-27(34-30(38)39-21(2)24-6-4-3-5-7-24)28(40-35-20)33-26-14-10-23(11-15-26)19-32-18-22-8-12-25(13-9-22)31(16-17-31)29(36)37/h3-9,12-13,21,23,26,32-33H,10-11,14-19H2,1-2H3,(H,34,38)(H,36,37). The molecule has 1 atom stereocenters. The monoisotopic (exact) mass is 562 g/mol. The van der Waals surface area contributed by atoms with Gasteiger partial charge in [0, 0.05) is 12.6 Å². The van der Waals surface area contributed by atoms with Crippen molar-refractivity contribution in [2.45, 2.75) is 76.5 Å². The minimum absolute atomic E-state index is 0.340. The highest BCUT2D eigenvalue weighted by Gasteiger charge is 2.51. The topological polar surface area (TPSA) is 113 Å². The molecule has 1 heterocycles. The van der Waals surface area contributed by atoms with E-state index in [1.54, 1.807) is 0 Å². The number of anilines is 2. The van der Waals surface area contributed by atoms with E-state index in [0.29, 0.717) is 17.6 Å². The zero-order chi connectivity index (χ0) is 28.1. The molecule has 5 rings (SSSR count). The highest BCUT2D eigenvalue weighted by molar-refractivity contribution is 7.11. The molecule has 0 bridgehead atoms. The first-order chi connectivity index (χ1) is 19.3. The summed E-state index contributed by atoms with van der Waals surface area (Å²) in [6, 6.07) is 18.1. The number of ether oxygens (including phenoxy) is 1. The number of nitrogens with zero attached hydrogens (tertiary/aromatic N) is 1. The Morgan fingerprint density at radius 2 is 1.77 bits per heavy atom. The van der Waals surface area contributed by atoms with Gasteiger partial charge in [0.1, 0.15) is 16.8 Å². The largest absolute Gasteiger partial charge is 0.481 e. The van der Waals surface area contributed by atoms with Crippen LogP contribution < -0.4 is 16.0 Å². The quantitative estimate of drug-likeness (QED) is 0.207. The number of hydrogen-bond donors (Lipinski definition) is 4. The van der Waals surface area contributed by atoms with Gasteiger partial charge in [-0.25, -0.2) is 4.79 Å². The second-order valence-electron chi connectivity index (χ2n) is 11.1. The van der Waals surface area contributed by atoms with Gasteiger partial charge >= 0.3 is 12.1 Å². The summed E-state index contributed by atoms with van der Waals surface area (Å²) >= 11 is 1.37. The highest BCUT2D eigenvalue weighted by atomic mass is 32.1. The van der Waals surface area contributed by atoms with Crippen molar-refractivity contribution in [2.24, 2.45) is 5.92 Å². The van der Waals surface area contributed by atoms with E-state index in [-0.39, 0.29) is 6.10 Å². The van der Waals surface area contributed by atoms with E-state index in [0.717, 1.165) is 73.4 Å². The Balaban J connectivity index is 1.04. The van der Waals surface area contributed by atoms with Crippen molar-refractivity contribution in [3.8, 4) is 0 Å². The summed E-state index contributed by atoms with van der Waals surface area (Å²) in [6.45, 7) is 5.50. The Bertz CT molecular complexity index is 1300. The van der Waals surface area contributed by atoms with Crippen molar-refractivity contribution in [1.82, 2.24) is 9.69 Å². The summed E-state index contributed by atoms with van der Waals surface area (Å²) in [5.41, 5.74) is 3.87. The van der Waals surface area contributed by atoms with Crippen molar-refractivity contribution in [1.29, 1.82) is 0 Å². The fraction of sp³-hybridized carbons (Fsp3) is 0.452. The number of hydrogen-bond acceptors (Lipinski definition) is 7. The fourth-order valence-corrected chi connectivity index (χ4v) is 6.34. The number of aliphatic carboxylic acids is 1. The molecular weight excluding hydrogens is 524 g/mol. The first-order valence-corrected chi connectivity index (χ1v) is 14.9. The van der Waals surface area contributed by atoms with Crippen LogP contribution in [0.1, 0.15) is 73.9 Å². The fourth-order valence-electron chi connectivity index (χ4n) is 5.51. The molecule has 0 spiro atoms. The lowest BCUT2D eigenvalue weighted by atomic mass is 9.86. The van der Waals surface area contributed by atoms with Crippen LogP contribution in [0.3, 0.4) is 0 Å². The summed E-state index contributed by atoms with van der Waals surface area (Å²) in [6.07, 6.45) is 5.01. The summed E-state index contributed by atoms with van der Waals surface area (Å²) in [7, 11) is 0. The van der Waals surface area contributed by atoms with Crippen LogP contribution in [0, 0.1) is 12.8 Å². The third-order valence-electron chi connectivity index (χ3n) is 8.25. The van der Waals surface area contributed by atoms with Crippen LogP contribution >= 0.6 is 11.5 Å². The molecular formula is C31H38N4O4S. The molecule has 4 N–H and O–H groups in total. The van der Waals surface area contributed by atoms with Gasteiger partial charge in [-0.3, -0.25) is 10.1 Å². The Labute approximate surface area is 239 Å². The van der Waals surface area contributed by atoms with Gasteiger partial charge in [0.25, 0.3) is 0 Å². The molecule has 1 aromatic heterocycles. The smallest absolute Gasteiger partial charge is 0.412 e. The van der Waals surface area contributed by atoms with Crippen LogP contribution in [-0.4, -0.2) is 34.1 Å². The second-order valence-corrected chi connectivity index (χ2v) is 11.9. The van der Waals surface area contributed by atoms with Crippen molar-refractivity contribution in [2.75, 3.05) is 17.2 Å². The van der Waals surface area contributed by atoms with Crippen LogP contribution in [0.4, 0.5) is 15.5 Å². The summed E-state index contributed by atoms with van der Waals surface area (Å²) < 4.78 is 10.1. The molecule has 9 heteroatoms. The molecule has 2 aromatic carbocycles. The molecule has 212 valence electrons. The number of amides is 1. The van der Waals surface area contributed by atoms with Crippen molar-refractivity contribution in [3.63, 3.8) is 0 Å². The predicted molar refractivity (Wildman–Crippen MR) is 158 cm³/mol. The van der Waals surface area contributed by atoms with Crippen LogP contribution in [0.15, 0.2) is 54.6 Å². The van der Waals surface area contributed by atoms with Crippen LogP contribution in [0.2, 0.25) is 0 Å². The lowest BCUT2D eigenvalue weighted by Crippen LogP contribution is -2.31. The Hall–Kier alpha value is -3.43. The van der Waals surface area contributed by atoms with E-state index in [4.69, 9.17) is 4.74 Å². The van der Waals surface area contributed by atoms with Gasteiger partial charge in [-0.2, -0.15) is 4.37 Å². The van der Waals surface area contributed by atoms with Gasteiger partial charge in [-0.1, -0.05) is 54.6 Å². The number of carbonyl (C=O) groups excluding carboxylic acids is 1. The molecule has 2 aliphatic rings. The van der Waals surface area contributed by atoms with Gasteiger partial charge in [0.2, 0.25) is 0 Å². The maximum Gasteiger partial charge on any atom is 0.412 e. The third-order valence-corrected chi connectivity index (χ3v) is 9.12. The lowest BCUT2D eigenvalue weighted by Gasteiger charge is -2.29. The molecule has 0 radical (unpaired) electrons. The van der Waals surface area contributed by atoms with Gasteiger partial charge in [-0.05, 0) is 93.1 Å². The number of rotatable bonds is 11. The number of carboxylic acids is 1. The molecule has 3 aromatic rings. The van der Waals surface area contributed by atoms with Crippen molar-refractivity contribution >= 4 is 34.3 Å². The number of nitrogens with one attached hydrogen (secondary N) is 3. The number of benzene rings is 2. The Morgan fingerprint density at radius 1 is 1.07 bits per heavy atom. The third kappa shape index (κ3) is 6.64. The first kappa shape index (κ1) is 28.1. The summed E-state index contributed by atoms with van der Waals surface area (Å²) in [5, 5.41) is 20.5. The Morgan fingerprint density at radius 3 is 2.42 bits per heavy atom. The molecule has 2 fully saturated rings. The Kier molecular flexibility index (Phi) is 8.71. The predicted octanol–water partition coefficient (Wildman–Crippen LogP) is 6.64. The molecule has 2 aliphatic carbocycles. The summed E-state index contributed by atoms with van der Waals surface area (Å²) in [4.78, 5) is 24.2. The molecule has 40 heavy (non-hydrogen) atoms. The second kappa shape index (κ2) is 12.4. The average Bonchev–Trinajstić information content (AvgIpc) is 3.72. The van der Waals surface area contributed by atoms with Gasteiger partial charge < -0.3 is 20.5 Å². The summed E-state index contributed by atoms with van der Waals surface area (Å²) in [5.74, 6) is -0.0910. The van der Waals surface area contributed by atoms with E-state index in [2.05, 4.69) is 20.3 Å². The maximum absolute atomic E-state index is 12.6. The maximum atomic E-state index is 12.6. The van der Waals surface area contributed by atoms with Crippen LogP contribution in [0.5, 0.6) is 0 Å². The normalized spacial score (nSPS) is 20.4. The van der Waals surface area contributed by atoms with Gasteiger partial charge in [0.05, 0.1) is 11.1 Å². The number of carboxylic acid groups (broad SMARTS) is 1. The van der Waals surface area contributed by atoms with E-state index in [9.17, 15) is 14.7 Å². The van der Waals surface area contributed by atoms with E-state index < -0.39 is 17.5 Å². The zero-order valence-electron chi connectivity index (χ0n) is 23.1. The highest BCUT2D eigenvalue weighted by Crippen LogP contribution is 2.48. The van der Waals surface area contributed by atoms with Crippen molar-refractivity contribution < 1.29 is 19.4 Å². The van der Waals surface area contributed by atoms with Crippen LogP contribution in [0.25, 0.3) is 0 Å². The number of aromatic nitrogens is 1. The zero-order valence-corrected chi connectivity index (χ0v) is 23.9. The minimum atomic E-state index is -0.711. The lowest BCUT2D eigenvalue weighted by molar-refractivity contribution is -0.140. The molecule has 0 aliphatic heterocycles. The van der Waals surface area contributed by atoms with Crippen molar-refractivity contribution in [3.05, 3.63) is 77.0 Å². The van der Waals surface area contributed by atoms with E-state index in [1.165, 1.54) is 17.1 Å². The van der Waals surface area contributed by atoms with E-state index >= 15 is 0 Å². The molecule has 0 saturated heterocycles. The molecule has 2 saturated carbocycles. The molecule has 1 unspecified atom stereocenters. The minimum Gasteiger partial charge on any atom is -0.481 e. The molecule has 8 nitrogen and oxygen atoms in total. The first-order valence-electron chi connectivity index (χ1n) is 14.1.